The number of H-pyrrole nitrogens is 1. The minimum atomic E-state index is -0.0681. The lowest BCUT2D eigenvalue weighted by atomic mass is 10.1. The predicted octanol–water partition coefficient (Wildman–Crippen LogP) is 3.40. The molecule has 0 aliphatic rings. The zero-order chi connectivity index (χ0) is 17.1. The zero-order valence-corrected chi connectivity index (χ0v) is 15.3. The maximum absolute atomic E-state index is 12.4. The Morgan fingerprint density at radius 1 is 1.29 bits per heavy atom. The molecule has 0 bridgehead atoms. The van der Waals surface area contributed by atoms with E-state index in [2.05, 4.69) is 22.4 Å². The number of aromatic amines is 1. The quantitative estimate of drug-likeness (QED) is 0.703. The summed E-state index contributed by atoms with van der Waals surface area (Å²) in [6.45, 7) is 3.20. The summed E-state index contributed by atoms with van der Waals surface area (Å²) in [6.07, 6.45) is 0. The van der Waals surface area contributed by atoms with Gasteiger partial charge in [-0.05, 0) is 54.2 Å². The fourth-order valence-corrected chi connectivity index (χ4v) is 3.49. The maximum Gasteiger partial charge on any atom is 0.253 e. The van der Waals surface area contributed by atoms with E-state index in [1.165, 1.54) is 10.4 Å². The first-order chi connectivity index (χ1) is 11.6. The van der Waals surface area contributed by atoms with Crippen LogP contribution in [-0.2, 0) is 13.1 Å². The summed E-state index contributed by atoms with van der Waals surface area (Å²) in [5.74, 6) is 0. The van der Waals surface area contributed by atoms with Gasteiger partial charge in [0, 0.05) is 23.0 Å². The molecule has 0 atom stereocenters. The van der Waals surface area contributed by atoms with E-state index in [-0.39, 0.29) is 5.56 Å². The molecule has 1 aromatic carbocycles. The van der Waals surface area contributed by atoms with Crippen molar-refractivity contribution in [2.45, 2.75) is 20.0 Å². The molecule has 0 spiro atoms. The molecule has 0 radical (unpaired) electrons. The predicted molar refractivity (Wildman–Crippen MR) is 105 cm³/mol. The molecule has 4 nitrogen and oxygen atoms in total. The summed E-state index contributed by atoms with van der Waals surface area (Å²) >= 11 is 7.10. The number of thiocarbonyl (C=S) groups is 1. The topological polar surface area (TPSA) is 48.1 Å². The Labute approximate surface area is 150 Å². The standard InChI is InChI=1S/C18H19N3OS2/c1-12-5-6-16-13(8-12)9-14(17(22)20-16)10-21(18(23)19-2)11-15-4-3-7-24-15/h3-9H,10-11H2,1-2H3,(H,19,23)(H,20,22). The molecule has 0 saturated carbocycles. The van der Waals surface area contributed by atoms with E-state index < -0.39 is 0 Å². The van der Waals surface area contributed by atoms with Crippen LogP contribution in [0.4, 0.5) is 0 Å². The Morgan fingerprint density at radius 2 is 2.12 bits per heavy atom. The molecule has 6 heteroatoms. The van der Waals surface area contributed by atoms with Crippen molar-refractivity contribution in [2.24, 2.45) is 0 Å². The highest BCUT2D eigenvalue weighted by Gasteiger charge is 2.13. The van der Waals surface area contributed by atoms with Crippen molar-refractivity contribution in [1.29, 1.82) is 0 Å². The van der Waals surface area contributed by atoms with Gasteiger partial charge in [0.25, 0.3) is 5.56 Å². The van der Waals surface area contributed by atoms with Crippen molar-refractivity contribution in [3.05, 3.63) is 68.1 Å². The van der Waals surface area contributed by atoms with Crippen LogP contribution in [0.2, 0.25) is 0 Å². The van der Waals surface area contributed by atoms with E-state index in [1.54, 1.807) is 18.4 Å². The summed E-state index contributed by atoms with van der Waals surface area (Å²) in [7, 11) is 1.80. The number of rotatable bonds is 4. The molecule has 3 rings (SSSR count). The number of pyridine rings is 1. The number of benzene rings is 1. The normalized spacial score (nSPS) is 10.8. The highest BCUT2D eigenvalue weighted by Crippen LogP contribution is 2.17. The van der Waals surface area contributed by atoms with Crippen LogP contribution in [-0.4, -0.2) is 22.0 Å². The molecule has 2 aromatic heterocycles. The molecule has 0 amide bonds. The van der Waals surface area contributed by atoms with Gasteiger partial charge in [0.05, 0.1) is 13.1 Å². The molecular weight excluding hydrogens is 338 g/mol. The van der Waals surface area contributed by atoms with Crippen LogP contribution in [0, 0.1) is 6.92 Å². The lowest BCUT2D eigenvalue weighted by Crippen LogP contribution is -2.38. The van der Waals surface area contributed by atoms with E-state index in [0.29, 0.717) is 23.8 Å². The molecule has 3 aromatic rings. The van der Waals surface area contributed by atoms with E-state index in [9.17, 15) is 4.79 Å². The van der Waals surface area contributed by atoms with E-state index >= 15 is 0 Å². The summed E-state index contributed by atoms with van der Waals surface area (Å²) in [4.78, 5) is 18.6. The summed E-state index contributed by atoms with van der Waals surface area (Å²) in [6, 6.07) is 12.1. The monoisotopic (exact) mass is 357 g/mol. The van der Waals surface area contributed by atoms with Gasteiger partial charge >= 0.3 is 0 Å². The first kappa shape index (κ1) is 16.7. The average Bonchev–Trinajstić information content (AvgIpc) is 3.07. The van der Waals surface area contributed by atoms with Gasteiger partial charge in [-0.1, -0.05) is 17.7 Å². The van der Waals surface area contributed by atoms with Gasteiger partial charge in [0.2, 0.25) is 0 Å². The molecule has 0 saturated heterocycles. The van der Waals surface area contributed by atoms with Gasteiger partial charge in [0.15, 0.2) is 5.11 Å². The first-order valence-electron chi connectivity index (χ1n) is 7.68. The number of aryl methyl sites for hydroxylation is 1. The van der Waals surface area contributed by atoms with Gasteiger partial charge in [-0.25, -0.2) is 0 Å². The fraction of sp³-hybridized carbons (Fsp3) is 0.222. The van der Waals surface area contributed by atoms with Crippen molar-refractivity contribution < 1.29 is 0 Å². The Morgan fingerprint density at radius 3 is 2.83 bits per heavy atom. The number of hydrogen-bond acceptors (Lipinski definition) is 3. The van der Waals surface area contributed by atoms with Crippen LogP contribution in [0.5, 0.6) is 0 Å². The molecule has 0 aliphatic heterocycles. The summed E-state index contributed by atoms with van der Waals surface area (Å²) < 4.78 is 0. The second-order valence-corrected chi connectivity index (χ2v) is 7.12. The van der Waals surface area contributed by atoms with Crippen LogP contribution in [0.25, 0.3) is 10.9 Å². The molecule has 124 valence electrons. The van der Waals surface area contributed by atoms with Crippen LogP contribution in [0.3, 0.4) is 0 Å². The highest BCUT2D eigenvalue weighted by atomic mass is 32.1. The molecule has 0 fully saturated rings. The molecule has 0 aliphatic carbocycles. The Balaban J connectivity index is 1.93. The van der Waals surface area contributed by atoms with Crippen molar-refractivity contribution in [3.63, 3.8) is 0 Å². The lowest BCUT2D eigenvalue weighted by Gasteiger charge is -2.24. The Bertz CT molecular complexity index is 916. The zero-order valence-electron chi connectivity index (χ0n) is 13.6. The Hall–Kier alpha value is -2.18. The first-order valence-corrected chi connectivity index (χ1v) is 8.97. The lowest BCUT2D eigenvalue weighted by molar-refractivity contribution is 0.404. The van der Waals surface area contributed by atoms with E-state index in [4.69, 9.17) is 12.2 Å². The van der Waals surface area contributed by atoms with Crippen LogP contribution >= 0.6 is 23.6 Å². The summed E-state index contributed by atoms with van der Waals surface area (Å²) in [5, 5.41) is 6.73. The van der Waals surface area contributed by atoms with Crippen LogP contribution in [0.15, 0.2) is 46.6 Å². The largest absolute Gasteiger partial charge is 0.366 e. The van der Waals surface area contributed by atoms with Gasteiger partial charge in [-0.2, -0.15) is 0 Å². The average molecular weight is 358 g/mol. The third kappa shape index (κ3) is 3.66. The number of aromatic nitrogens is 1. The second-order valence-electron chi connectivity index (χ2n) is 5.70. The highest BCUT2D eigenvalue weighted by molar-refractivity contribution is 7.80. The minimum Gasteiger partial charge on any atom is -0.366 e. The third-order valence-electron chi connectivity index (χ3n) is 3.87. The van der Waals surface area contributed by atoms with Gasteiger partial charge < -0.3 is 15.2 Å². The van der Waals surface area contributed by atoms with Crippen molar-refractivity contribution >= 4 is 39.6 Å². The minimum absolute atomic E-state index is 0.0681. The Kier molecular flexibility index (Phi) is 4.97. The molecule has 2 N–H and O–H groups in total. The SMILES string of the molecule is CNC(=S)N(Cc1cccs1)Cc1cc2cc(C)ccc2[nH]c1=O. The van der Waals surface area contributed by atoms with Gasteiger partial charge in [-0.3, -0.25) is 4.79 Å². The van der Waals surface area contributed by atoms with Gasteiger partial charge in [-0.15, -0.1) is 11.3 Å². The van der Waals surface area contributed by atoms with Crippen molar-refractivity contribution in [1.82, 2.24) is 15.2 Å². The smallest absolute Gasteiger partial charge is 0.253 e. The third-order valence-corrected chi connectivity index (χ3v) is 5.19. The maximum atomic E-state index is 12.4. The van der Waals surface area contributed by atoms with Crippen LogP contribution < -0.4 is 10.9 Å². The number of fused-ring (bicyclic) bond motifs is 1. The van der Waals surface area contributed by atoms with Gasteiger partial charge in [0.1, 0.15) is 0 Å². The molecular formula is C18H19N3OS2. The summed E-state index contributed by atoms with van der Waals surface area (Å²) in [5.41, 5.74) is 2.67. The van der Waals surface area contributed by atoms with Crippen molar-refractivity contribution in [2.75, 3.05) is 7.05 Å². The second kappa shape index (κ2) is 7.15. The van der Waals surface area contributed by atoms with E-state index in [0.717, 1.165) is 10.9 Å². The number of thiophene rings is 1. The van der Waals surface area contributed by atoms with Crippen LogP contribution in [0.1, 0.15) is 16.0 Å². The van der Waals surface area contributed by atoms with E-state index in [1.807, 2.05) is 41.5 Å². The molecule has 24 heavy (non-hydrogen) atoms. The number of nitrogens with one attached hydrogen (secondary N) is 2. The fourth-order valence-electron chi connectivity index (χ4n) is 2.64. The molecule has 0 unspecified atom stereocenters. The number of hydrogen-bond donors (Lipinski definition) is 2. The number of nitrogens with zero attached hydrogens (tertiary/aromatic N) is 1. The van der Waals surface area contributed by atoms with Crippen molar-refractivity contribution in [3.8, 4) is 0 Å². The molecule has 2 heterocycles.